The molecule has 9 nitrogen and oxygen atoms in total. The van der Waals surface area contributed by atoms with Crippen LogP contribution in [0.15, 0.2) is 78.9 Å². The lowest BCUT2D eigenvalue weighted by Crippen LogP contribution is -2.54. The van der Waals surface area contributed by atoms with Crippen LogP contribution in [0.4, 0.5) is 11.4 Å². The standard InChI is InChI=1S/C33H34ClN3O6/c1-3-42-22-15-13-21(14-16-22)35-29(39)26-27-31(41)37(25(19-38)20-9-5-4-6-10-20)28(33(27)18-17-32(26,2)43-33)30(40)36-24-12-8-7-11-23(24)34/h4-16,25-28,38H,3,17-19H2,1-2H3,(H,35,39)(H,36,40)/t25-,26+,27+,28?,32-,33?/m1/s1. The summed E-state index contributed by atoms with van der Waals surface area (Å²) in [7, 11) is 0. The number of benzene rings is 3. The van der Waals surface area contributed by atoms with Gasteiger partial charge >= 0.3 is 0 Å². The van der Waals surface area contributed by atoms with Gasteiger partial charge in [0.15, 0.2) is 0 Å². The monoisotopic (exact) mass is 603 g/mol. The highest BCUT2D eigenvalue weighted by Crippen LogP contribution is 2.64. The summed E-state index contributed by atoms with van der Waals surface area (Å²) in [5, 5.41) is 16.8. The number of nitrogens with zero attached hydrogens (tertiary/aromatic N) is 1. The summed E-state index contributed by atoms with van der Waals surface area (Å²) in [5.74, 6) is -2.38. The fourth-order valence-electron chi connectivity index (χ4n) is 7.21. The molecule has 3 aromatic carbocycles. The zero-order valence-corrected chi connectivity index (χ0v) is 24.7. The number of halogens is 1. The third-order valence-electron chi connectivity index (χ3n) is 9.00. The van der Waals surface area contributed by atoms with Gasteiger partial charge in [0, 0.05) is 5.69 Å². The molecule has 3 aliphatic rings. The predicted molar refractivity (Wildman–Crippen MR) is 162 cm³/mol. The van der Waals surface area contributed by atoms with Crippen LogP contribution in [-0.2, 0) is 19.1 Å². The molecule has 10 heteroatoms. The quantitative estimate of drug-likeness (QED) is 0.323. The van der Waals surface area contributed by atoms with Crippen molar-refractivity contribution in [3.05, 3.63) is 89.4 Å². The molecule has 3 aromatic rings. The fourth-order valence-corrected chi connectivity index (χ4v) is 7.40. The number of para-hydroxylation sites is 1. The van der Waals surface area contributed by atoms with Crippen molar-refractivity contribution in [1.82, 2.24) is 4.90 Å². The van der Waals surface area contributed by atoms with Crippen LogP contribution in [0.3, 0.4) is 0 Å². The van der Waals surface area contributed by atoms with E-state index in [-0.39, 0.29) is 5.91 Å². The molecule has 1 spiro atoms. The van der Waals surface area contributed by atoms with E-state index in [1.54, 1.807) is 60.7 Å². The Balaban J connectivity index is 1.39. The molecular weight excluding hydrogens is 570 g/mol. The van der Waals surface area contributed by atoms with Gasteiger partial charge < -0.3 is 30.1 Å². The number of nitrogens with one attached hydrogen (secondary N) is 2. The van der Waals surface area contributed by atoms with Gasteiger partial charge in [-0.3, -0.25) is 14.4 Å². The van der Waals surface area contributed by atoms with Gasteiger partial charge in [-0.1, -0.05) is 54.1 Å². The van der Waals surface area contributed by atoms with E-state index >= 15 is 0 Å². The Morgan fingerprint density at radius 1 is 1.02 bits per heavy atom. The molecule has 3 fully saturated rings. The molecule has 6 atom stereocenters. The van der Waals surface area contributed by atoms with Crippen LogP contribution in [-0.4, -0.2) is 58.2 Å². The number of anilines is 2. The van der Waals surface area contributed by atoms with E-state index in [1.165, 1.54) is 4.90 Å². The average Bonchev–Trinajstić information content (AvgIpc) is 3.57. The number of rotatable bonds is 9. The minimum Gasteiger partial charge on any atom is -0.494 e. The summed E-state index contributed by atoms with van der Waals surface area (Å²) in [4.78, 5) is 44.2. The number of aliphatic hydroxyl groups is 1. The Bertz CT molecular complexity index is 1540. The van der Waals surface area contributed by atoms with Crippen molar-refractivity contribution < 1.29 is 29.0 Å². The van der Waals surface area contributed by atoms with E-state index in [9.17, 15) is 19.5 Å². The van der Waals surface area contributed by atoms with Crippen molar-refractivity contribution in [3.8, 4) is 5.75 Å². The zero-order chi connectivity index (χ0) is 30.4. The highest BCUT2D eigenvalue weighted by Gasteiger charge is 2.78. The van der Waals surface area contributed by atoms with Crippen molar-refractivity contribution in [2.75, 3.05) is 23.8 Å². The van der Waals surface area contributed by atoms with Gasteiger partial charge in [0.25, 0.3) is 0 Å². The maximum atomic E-state index is 14.5. The van der Waals surface area contributed by atoms with E-state index in [4.69, 9.17) is 21.1 Å². The third-order valence-corrected chi connectivity index (χ3v) is 9.33. The third kappa shape index (κ3) is 4.85. The Labute approximate surface area is 255 Å². The zero-order valence-electron chi connectivity index (χ0n) is 24.0. The number of hydrogen-bond donors (Lipinski definition) is 3. The first-order chi connectivity index (χ1) is 20.7. The van der Waals surface area contributed by atoms with E-state index < -0.39 is 53.5 Å². The number of hydrogen-bond acceptors (Lipinski definition) is 6. The topological polar surface area (TPSA) is 117 Å². The lowest BCUT2D eigenvalue weighted by Gasteiger charge is -2.37. The van der Waals surface area contributed by atoms with Gasteiger partial charge in [-0.25, -0.2) is 0 Å². The van der Waals surface area contributed by atoms with Crippen LogP contribution in [0, 0.1) is 11.8 Å². The van der Waals surface area contributed by atoms with Crippen LogP contribution in [0.25, 0.3) is 0 Å². The lowest BCUT2D eigenvalue weighted by atomic mass is 9.66. The van der Waals surface area contributed by atoms with Crippen LogP contribution >= 0.6 is 11.6 Å². The minimum atomic E-state index is -1.28. The van der Waals surface area contributed by atoms with E-state index in [1.807, 2.05) is 32.0 Å². The number of aliphatic hydroxyl groups excluding tert-OH is 1. The van der Waals surface area contributed by atoms with Gasteiger partial charge in [-0.05, 0) is 68.7 Å². The summed E-state index contributed by atoms with van der Waals surface area (Å²) >= 11 is 6.38. The second kappa shape index (κ2) is 11.3. The first-order valence-corrected chi connectivity index (χ1v) is 14.9. The van der Waals surface area contributed by atoms with Gasteiger partial charge in [0.05, 0.1) is 47.4 Å². The van der Waals surface area contributed by atoms with Crippen molar-refractivity contribution in [2.45, 2.75) is 50.0 Å². The van der Waals surface area contributed by atoms with Crippen molar-refractivity contribution in [1.29, 1.82) is 0 Å². The Morgan fingerprint density at radius 2 is 1.72 bits per heavy atom. The molecule has 3 amide bonds. The number of carbonyl (C=O) groups excluding carboxylic acids is 3. The number of ether oxygens (including phenoxy) is 2. The SMILES string of the molecule is CCOc1ccc(NC(=O)[C@@H]2[C@H]3C(=O)N([C@H](CO)c4ccccc4)C(C(=O)Nc4ccccc4Cl)C34CC[C@@]2(C)O4)cc1. The van der Waals surface area contributed by atoms with E-state index in [2.05, 4.69) is 10.6 Å². The maximum Gasteiger partial charge on any atom is 0.250 e. The van der Waals surface area contributed by atoms with Crippen LogP contribution in [0.2, 0.25) is 5.02 Å². The minimum absolute atomic E-state index is 0.346. The highest BCUT2D eigenvalue weighted by atomic mass is 35.5. The highest BCUT2D eigenvalue weighted by molar-refractivity contribution is 6.33. The van der Waals surface area contributed by atoms with Gasteiger partial charge in [0.1, 0.15) is 17.4 Å². The first kappa shape index (κ1) is 29.2. The first-order valence-electron chi connectivity index (χ1n) is 14.5. The number of fused-ring (bicyclic) bond motifs is 1. The molecule has 2 unspecified atom stereocenters. The second-order valence-corrected chi connectivity index (χ2v) is 11.9. The molecule has 224 valence electrons. The maximum absolute atomic E-state index is 14.5. The molecule has 43 heavy (non-hydrogen) atoms. The van der Waals surface area contributed by atoms with Crippen molar-refractivity contribution in [2.24, 2.45) is 11.8 Å². The molecule has 0 saturated carbocycles. The largest absolute Gasteiger partial charge is 0.494 e. The lowest BCUT2D eigenvalue weighted by molar-refractivity contribution is -0.147. The second-order valence-electron chi connectivity index (χ2n) is 11.5. The number of likely N-dealkylation sites (tertiary alicyclic amines) is 1. The van der Waals surface area contributed by atoms with E-state index in [0.717, 1.165) is 0 Å². The van der Waals surface area contributed by atoms with Gasteiger partial charge in [0.2, 0.25) is 17.7 Å². The molecule has 0 aromatic heterocycles. The van der Waals surface area contributed by atoms with Crippen LogP contribution in [0.5, 0.6) is 5.75 Å². The summed E-state index contributed by atoms with van der Waals surface area (Å²) in [6.45, 7) is 3.83. The summed E-state index contributed by atoms with van der Waals surface area (Å²) in [6, 6.07) is 21.0. The molecule has 2 bridgehead atoms. The predicted octanol–water partition coefficient (Wildman–Crippen LogP) is 4.81. The smallest absolute Gasteiger partial charge is 0.250 e. The fraction of sp³-hybridized carbons (Fsp3) is 0.364. The molecule has 3 saturated heterocycles. The van der Waals surface area contributed by atoms with Crippen molar-refractivity contribution >= 4 is 40.7 Å². The molecule has 3 N–H and O–H groups in total. The molecule has 0 aliphatic carbocycles. The molecule has 6 rings (SSSR count). The molecule has 0 radical (unpaired) electrons. The van der Waals surface area contributed by atoms with Crippen molar-refractivity contribution in [3.63, 3.8) is 0 Å². The normalized spacial score (nSPS) is 28.0. The molecule has 3 heterocycles. The number of amides is 3. The van der Waals surface area contributed by atoms with Gasteiger partial charge in [-0.15, -0.1) is 0 Å². The molecule has 3 aliphatic heterocycles. The van der Waals surface area contributed by atoms with Gasteiger partial charge in [-0.2, -0.15) is 0 Å². The Morgan fingerprint density at radius 3 is 2.40 bits per heavy atom. The van der Waals surface area contributed by atoms with Crippen LogP contribution in [0.1, 0.15) is 38.3 Å². The Kier molecular flexibility index (Phi) is 7.66. The molecular formula is C33H34ClN3O6. The summed E-state index contributed by atoms with van der Waals surface area (Å²) < 4.78 is 12.2. The Hall–Kier alpha value is -3.92. The average molecular weight is 604 g/mol. The summed E-state index contributed by atoms with van der Waals surface area (Å²) in [5.41, 5.74) is -0.625. The summed E-state index contributed by atoms with van der Waals surface area (Å²) in [6.07, 6.45) is 0.883. The van der Waals surface area contributed by atoms with Crippen LogP contribution < -0.4 is 15.4 Å². The van der Waals surface area contributed by atoms with E-state index in [0.29, 0.717) is 47.2 Å². The number of carbonyl (C=O) groups is 3.